The van der Waals surface area contributed by atoms with E-state index in [0.717, 1.165) is 5.56 Å². The fourth-order valence-corrected chi connectivity index (χ4v) is 1.77. The number of carbonyl (C=O) groups is 1. The minimum atomic E-state index is -0.627. The van der Waals surface area contributed by atoms with E-state index in [-0.39, 0.29) is 5.78 Å². The molecule has 4 heteroatoms. The van der Waals surface area contributed by atoms with Gasteiger partial charge in [0.25, 0.3) is 0 Å². The Labute approximate surface area is 100 Å². The molecule has 2 aromatic rings. The molecule has 1 aromatic carbocycles. The van der Waals surface area contributed by atoms with Gasteiger partial charge in [0.2, 0.25) is 5.78 Å². The summed E-state index contributed by atoms with van der Waals surface area (Å²) in [5.74, 6) is -0.101. The molecule has 0 saturated carbocycles. The van der Waals surface area contributed by atoms with Gasteiger partial charge in [-0.3, -0.25) is 9.48 Å². The van der Waals surface area contributed by atoms with Crippen LogP contribution in [0.25, 0.3) is 0 Å². The summed E-state index contributed by atoms with van der Waals surface area (Å²) in [6.45, 7) is 2.60. The van der Waals surface area contributed by atoms with Crippen molar-refractivity contribution in [1.82, 2.24) is 9.78 Å². The highest BCUT2D eigenvalue weighted by Crippen LogP contribution is 2.15. The Balaban J connectivity index is 2.27. The summed E-state index contributed by atoms with van der Waals surface area (Å²) >= 11 is 0. The van der Waals surface area contributed by atoms with Crippen LogP contribution in [0.3, 0.4) is 0 Å². The Bertz CT molecular complexity index is 504. The molecule has 2 rings (SSSR count). The summed E-state index contributed by atoms with van der Waals surface area (Å²) in [6.07, 6.45) is 1.62. The number of hydrogen-bond acceptors (Lipinski definition) is 3. The zero-order valence-electron chi connectivity index (χ0n) is 9.71. The lowest BCUT2D eigenvalue weighted by Gasteiger charge is -2.11. The zero-order valence-corrected chi connectivity index (χ0v) is 9.71. The minimum Gasteiger partial charge on any atom is -0.317 e. The zero-order chi connectivity index (χ0) is 12.3. The van der Waals surface area contributed by atoms with Gasteiger partial charge in [0.15, 0.2) is 0 Å². The van der Waals surface area contributed by atoms with Crippen molar-refractivity contribution >= 4 is 5.78 Å². The van der Waals surface area contributed by atoms with Gasteiger partial charge < -0.3 is 5.73 Å². The number of aryl methyl sites for hydroxylation is 1. The number of nitrogens with two attached hydrogens (primary N) is 1. The van der Waals surface area contributed by atoms with Gasteiger partial charge in [-0.2, -0.15) is 5.10 Å². The molecule has 17 heavy (non-hydrogen) atoms. The van der Waals surface area contributed by atoms with Crippen LogP contribution < -0.4 is 5.73 Å². The van der Waals surface area contributed by atoms with E-state index in [0.29, 0.717) is 12.2 Å². The third kappa shape index (κ3) is 2.26. The average Bonchev–Trinajstić information content (AvgIpc) is 2.86. The third-order valence-electron chi connectivity index (χ3n) is 2.71. The van der Waals surface area contributed by atoms with E-state index < -0.39 is 6.04 Å². The van der Waals surface area contributed by atoms with Crippen molar-refractivity contribution in [3.8, 4) is 0 Å². The van der Waals surface area contributed by atoms with E-state index in [9.17, 15) is 4.79 Å². The Morgan fingerprint density at radius 3 is 2.71 bits per heavy atom. The van der Waals surface area contributed by atoms with Crippen LogP contribution in [0.5, 0.6) is 0 Å². The van der Waals surface area contributed by atoms with Gasteiger partial charge in [-0.1, -0.05) is 30.3 Å². The van der Waals surface area contributed by atoms with Crippen LogP contribution in [0.1, 0.15) is 29.0 Å². The van der Waals surface area contributed by atoms with Gasteiger partial charge in [-0.25, -0.2) is 0 Å². The standard InChI is InChI=1S/C13H15N3O/c1-2-16-11(8-9-15-16)13(17)12(14)10-6-4-3-5-7-10/h3-9,12H,2,14H2,1H3. The SMILES string of the molecule is CCn1nccc1C(=O)C(N)c1ccccc1. The lowest BCUT2D eigenvalue weighted by Crippen LogP contribution is -2.24. The quantitative estimate of drug-likeness (QED) is 0.813. The predicted octanol–water partition coefficient (Wildman–Crippen LogP) is 1.79. The molecule has 0 saturated heterocycles. The van der Waals surface area contributed by atoms with Crippen molar-refractivity contribution in [2.45, 2.75) is 19.5 Å². The number of ketones is 1. The van der Waals surface area contributed by atoms with E-state index in [1.807, 2.05) is 37.3 Å². The van der Waals surface area contributed by atoms with Gasteiger partial charge in [0.05, 0.1) is 6.04 Å². The van der Waals surface area contributed by atoms with Crippen LogP contribution in [-0.4, -0.2) is 15.6 Å². The maximum absolute atomic E-state index is 12.2. The van der Waals surface area contributed by atoms with Crippen LogP contribution >= 0.6 is 0 Å². The monoisotopic (exact) mass is 229 g/mol. The van der Waals surface area contributed by atoms with Gasteiger partial charge in [0.1, 0.15) is 5.69 Å². The summed E-state index contributed by atoms with van der Waals surface area (Å²) in [7, 11) is 0. The third-order valence-corrected chi connectivity index (χ3v) is 2.71. The smallest absolute Gasteiger partial charge is 0.201 e. The summed E-state index contributed by atoms with van der Waals surface area (Å²) in [5, 5.41) is 4.07. The first-order valence-electron chi connectivity index (χ1n) is 5.60. The fourth-order valence-electron chi connectivity index (χ4n) is 1.77. The van der Waals surface area contributed by atoms with Gasteiger partial charge >= 0.3 is 0 Å². The first-order valence-corrected chi connectivity index (χ1v) is 5.60. The summed E-state index contributed by atoms with van der Waals surface area (Å²) in [5.41, 5.74) is 7.34. The average molecular weight is 229 g/mol. The first kappa shape index (κ1) is 11.5. The fraction of sp³-hybridized carbons (Fsp3) is 0.231. The second kappa shape index (κ2) is 4.93. The molecular formula is C13H15N3O. The molecule has 0 spiro atoms. The molecule has 0 bridgehead atoms. The highest BCUT2D eigenvalue weighted by molar-refractivity contribution is 5.99. The van der Waals surface area contributed by atoms with E-state index in [2.05, 4.69) is 5.10 Å². The molecule has 0 radical (unpaired) electrons. The number of Topliss-reactive ketones (excluding diaryl/α,β-unsaturated/α-hetero) is 1. The molecule has 1 atom stereocenters. The lowest BCUT2D eigenvalue weighted by molar-refractivity contribution is 0.0951. The molecule has 0 amide bonds. The number of aromatic nitrogens is 2. The molecule has 1 unspecified atom stereocenters. The maximum atomic E-state index is 12.2. The van der Waals surface area contributed by atoms with Crippen molar-refractivity contribution in [2.75, 3.05) is 0 Å². The molecule has 1 heterocycles. The number of benzene rings is 1. The molecular weight excluding hydrogens is 214 g/mol. The summed E-state index contributed by atoms with van der Waals surface area (Å²) < 4.78 is 1.66. The number of rotatable bonds is 4. The molecule has 88 valence electrons. The van der Waals surface area contributed by atoms with Crippen LogP contribution in [0, 0.1) is 0 Å². The van der Waals surface area contributed by atoms with E-state index in [1.165, 1.54) is 0 Å². The van der Waals surface area contributed by atoms with E-state index >= 15 is 0 Å². The van der Waals surface area contributed by atoms with Gasteiger partial charge in [0, 0.05) is 12.7 Å². The summed E-state index contributed by atoms with van der Waals surface area (Å²) in [4.78, 5) is 12.2. The highest BCUT2D eigenvalue weighted by Gasteiger charge is 2.20. The Kier molecular flexibility index (Phi) is 3.35. The highest BCUT2D eigenvalue weighted by atomic mass is 16.1. The first-order chi connectivity index (χ1) is 8.24. The predicted molar refractivity (Wildman–Crippen MR) is 65.6 cm³/mol. The van der Waals surface area contributed by atoms with Gasteiger partial charge in [-0.15, -0.1) is 0 Å². The molecule has 0 fully saturated rings. The van der Waals surface area contributed by atoms with Crippen LogP contribution in [0.2, 0.25) is 0 Å². The Morgan fingerprint density at radius 2 is 2.06 bits per heavy atom. The molecule has 4 nitrogen and oxygen atoms in total. The maximum Gasteiger partial charge on any atom is 0.201 e. The van der Waals surface area contributed by atoms with E-state index in [1.54, 1.807) is 16.9 Å². The van der Waals surface area contributed by atoms with Crippen molar-refractivity contribution in [3.63, 3.8) is 0 Å². The largest absolute Gasteiger partial charge is 0.317 e. The van der Waals surface area contributed by atoms with Crippen molar-refractivity contribution in [1.29, 1.82) is 0 Å². The van der Waals surface area contributed by atoms with Crippen LogP contribution in [-0.2, 0) is 6.54 Å². The number of nitrogens with zero attached hydrogens (tertiary/aromatic N) is 2. The normalized spacial score (nSPS) is 12.4. The molecule has 0 aliphatic rings. The van der Waals surface area contributed by atoms with Crippen LogP contribution in [0.15, 0.2) is 42.6 Å². The second-order valence-corrected chi connectivity index (χ2v) is 3.78. The van der Waals surface area contributed by atoms with Crippen LogP contribution in [0.4, 0.5) is 0 Å². The van der Waals surface area contributed by atoms with E-state index in [4.69, 9.17) is 5.73 Å². The Hall–Kier alpha value is -1.94. The number of carbonyl (C=O) groups excluding carboxylic acids is 1. The lowest BCUT2D eigenvalue weighted by atomic mass is 10.0. The van der Waals surface area contributed by atoms with Gasteiger partial charge in [-0.05, 0) is 18.6 Å². The molecule has 1 aromatic heterocycles. The second-order valence-electron chi connectivity index (χ2n) is 3.78. The topological polar surface area (TPSA) is 60.9 Å². The summed E-state index contributed by atoms with van der Waals surface area (Å²) in [6, 6.07) is 10.4. The molecule has 0 aliphatic carbocycles. The Morgan fingerprint density at radius 1 is 1.35 bits per heavy atom. The molecule has 2 N–H and O–H groups in total. The van der Waals surface area contributed by atoms with Crippen molar-refractivity contribution in [3.05, 3.63) is 53.9 Å². The van der Waals surface area contributed by atoms with Crippen molar-refractivity contribution < 1.29 is 4.79 Å². The van der Waals surface area contributed by atoms with Crippen molar-refractivity contribution in [2.24, 2.45) is 5.73 Å². The molecule has 0 aliphatic heterocycles. The minimum absolute atomic E-state index is 0.101. The number of hydrogen-bond donors (Lipinski definition) is 1.